The van der Waals surface area contributed by atoms with Crippen LogP contribution in [0.25, 0.3) is 0 Å². The van der Waals surface area contributed by atoms with Gasteiger partial charge in [0.25, 0.3) is 0 Å². The molecule has 5 nitrogen and oxygen atoms in total. The highest BCUT2D eigenvalue weighted by molar-refractivity contribution is 5.88. The lowest BCUT2D eigenvalue weighted by Crippen LogP contribution is -2.56. The Morgan fingerprint density at radius 3 is 2.81 bits per heavy atom. The quantitative estimate of drug-likeness (QED) is 0.650. The molecule has 2 aliphatic rings. The smallest absolute Gasteiger partial charge is 0.241 e. The highest BCUT2D eigenvalue weighted by Crippen LogP contribution is 2.11. The molecule has 0 bridgehead atoms. The normalized spacial score (nSPS) is 27.1. The fourth-order valence-corrected chi connectivity index (χ4v) is 2.23. The molecule has 0 aromatic rings. The van der Waals surface area contributed by atoms with E-state index in [-0.39, 0.29) is 24.4 Å². The maximum absolute atomic E-state index is 12.1. The first-order chi connectivity index (χ1) is 7.68. The van der Waals surface area contributed by atoms with E-state index in [0.717, 1.165) is 25.8 Å². The summed E-state index contributed by atoms with van der Waals surface area (Å²) < 4.78 is 0. The van der Waals surface area contributed by atoms with Crippen molar-refractivity contribution in [3.63, 3.8) is 0 Å². The molecule has 0 aromatic heterocycles. The van der Waals surface area contributed by atoms with Gasteiger partial charge in [0.05, 0.1) is 12.6 Å². The lowest BCUT2D eigenvalue weighted by atomic mass is 10.0. The van der Waals surface area contributed by atoms with Crippen LogP contribution in [0.5, 0.6) is 0 Å². The third kappa shape index (κ3) is 2.35. The SMILES string of the molecule is CN1CCN(C(=O)C2CCCCN2)CC1=O. The molecule has 2 fully saturated rings. The van der Waals surface area contributed by atoms with Crippen LogP contribution in [0.3, 0.4) is 0 Å². The Bertz CT molecular complexity index is 287. The largest absolute Gasteiger partial charge is 0.342 e. The summed E-state index contributed by atoms with van der Waals surface area (Å²) in [7, 11) is 1.78. The van der Waals surface area contributed by atoms with E-state index in [1.54, 1.807) is 16.8 Å². The predicted octanol–water partition coefficient (Wildman–Crippen LogP) is -0.571. The molecule has 1 N–H and O–H groups in total. The summed E-state index contributed by atoms with van der Waals surface area (Å²) >= 11 is 0. The lowest BCUT2D eigenvalue weighted by molar-refractivity contribution is -0.145. The Labute approximate surface area is 95.8 Å². The number of nitrogens with zero attached hydrogens (tertiary/aromatic N) is 2. The molecule has 90 valence electrons. The number of piperazine rings is 1. The van der Waals surface area contributed by atoms with Crippen molar-refractivity contribution in [2.45, 2.75) is 25.3 Å². The number of carbonyl (C=O) groups is 2. The maximum Gasteiger partial charge on any atom is 0.241 e. The second-order valence-corrected chi connectivity index (χ2v) is 4.58. The maximum atomic E-state index is 12.1. The third-order valence-electron chi connectivity index (χ3n) is 3.38. The number of rotatable bonds is 1. The summed E-state index contributed by atoms with van der Waals surface area (Å²) in [6.45, 7) is 2.47. The zero-order valence-electron chi connectivity index (χ0n) is 9.74. The van der Waals surface area contributed by atoms with Gasteiger partial charge in [0.1, 0.15) is 0 Å². The van der Waals surface area contributed by atoms with Gasteiger partial charge in [0.2, 0.25) is 11.8 Å². The van der Waals surface area contributed by atoms with Gasteiger partial charge in [0.15, 0.2) is 0 Å². The number of hydrogen-bond donors (Lipinski definition) is 1. The van der Waals surface area contributed by atoms with Crippen LogP contribution in [-0.4, -0.2) is 60.9 Å². The molecule has 0 saturated carbocycles. The second-order valence-electron chi connectivity index (χ2n) is 4.58. The van der Waals surface area contributed by atoms with E-state index in [4.69, 9.17) is 0 Å². The van der Waals surface area contributed by atoms with Crippen LogP contribution in [0, 0.1) is 0 Å². The molecule has 2 aliphatic heterocycles. The van der Waals surface area contributed by atoms with E-state index < -0.39 is 0 Å². The first kappa shape index (κ1) is 11.4. The van der Waals surface area contributed by atoms with Gasteiger partial charge in [0, 0.05) is 20.1 Å². The number of carbonyl (C=O) groups excluding carboxylic acids is 2. The topological polar surface area (TPSA) is 52.6 Å². The monoisotopic (exact) mass is 225 g/mol. The molecule has 2 saturated heterocycles. The Kier molecular flexibility index (Phi) is 3.43. The lowest BCUT2D eigenvalue weighted by Gasteiger charge is -2.35. The first-order valence-electron chi connectivity index (χ1n) is 5.94. The molecule has 2 rings (SSSR count). The van der Waals surface area contributed by atoms with Crippen molar-refractivity contribution in [2.24, 2.45) is 0 Å². The molecule has 0 aliphatic carbocycles. The van der Waals surface area contributed by atoms with Crippen molar-refractivity contribution >= 4 is 11.8 Å². The van der Waals surface area contributed by atoms with Crippen molar-refractivity contribution < 1.29 is 9.59 Å². The minimum atomic E-state index is -0.0649. The number of nitrogens with one attached hydrogen (secondary N) is 1. The number of piperidine rings is 1. The van der Waals surface area contributed by atoms with Crippen LogP contribution >= 0.6 is 0 Å². The minimum Gasteiger partial charge on any atom is -0.342 e. The summed E-state index contributed by atoms with van der Waals surface area (Å²) in [5.41, 5.74) is 0. The predicted molar refractivity (Wildman–Crippen MR) is 59.9 cm³/mol. The van der Waals surface area contributed by atoms with Crippen LogP contribution in [0.4, 0.5) is 0 Å². The standard InChI is InChI=1S/C11H19N3O2/c1-13-6-7-14(8-10(13)15)11(16)9-4-2-3-5-12-9/h9,12H,2-8H2,1H3. The van der Waals surface area contributed by atoms with Gasteiger partial charge in [-0.25, -0.2) is 0 Å². The van der Waals surface area contributed by atoms with E-state index in [2.05, 4.69) is 5.32 Å². The molecular weight excluding hydrogens is 206 g/mol. The molecule has 0 aromatic carbocycles. The molecule has 2 heterocycles. The van der Waals surface area contributed by atoms with Gasteiger partial charge in [-0.1, -0.05) is 6.42 Å². The molecule has 2 amide bonds. The zero-order valence-corrected chi connectivity index (χ0v) is 9.74. The van der Waals surface area contributed by atoms with E-state index in [1.807, 2.05) is 0 Å². The van der Waals surface area contributed by atoms with E-state index in [1.165, 1.54) is 0 Å². The Hall–Kier alpha value is -1.10. The summed E-state index contributed by atoms with van der Waals surface area (Å²) in [5, 5.41) is 3.23. The molecule has 0 spiro atoms. The van der Waals surface area contributed by atoms with Crippen molar-refractivity contribution in [3.05, 3.63) is 0 Å². The van der Waals surface area contributed by atoms with Crippen LogP contribution in [0.1, 0.15) is 19.3 Å². The molecule has 1 unspecified atom stereocenters. The highest BCUT2D eigenvalue weighted by atomic mass is 16.2. The van der Waals surface area contributed by atoms with Crippen molar-refractivity contribution in [2.75, 3.05) is 33.2 Å². The van der Waals surface area contributed by atoms with Gasteiger partial charge in [-0.05, 0) is 19.4 Å². The van der Waals surface area contributed by atoms with E-state index in [0.29, 0.717) is 13.1 Å². The van der Waals surface area contributed by atoms with Gasteiger partial charge >= 0.3 is 0 Å². The minimum absolute atomic E-state index is 0.0374. The summed E-state index contributed by atoms with van der Waals surface area (Å²) in [6.07, 6.45) is 3.15. The molecular formula is C11H19N3O2. The number of likely N-dealkylation sites (N-methyl/N-ethyl adjacent to an activating group) is 1. The first-order valence-corrected chi connectivity index (χ1v) is 5.94. The zero-order chi connectivity index (χ0) is 11.5. The van der Waals surface area contributed by atoms with Crippen molar-refractivity contribution in [1.82, 2.24) is 15.1 Å². The fourth-order valence-electron chi connectivity index (χ4n) is 2.23. The Morgan fingerprint density at radius 2 is 2.19 bits per heavy atom. The summed E-state index contributed by atoms with van der Waals surface area (Å²) in [5.74, 6) is 0.136. The van der Waals surface area contributed by atoms with Crippen LogP contribution in [0.15, 0.2) is 0 Å². The number of hydrogen-bond acceptors (Lipinski definition) is 3. The van der Waals surface area contributed by atoms with Crippen molar-refractivity contribution in [3.8, 4) is 0 Å². The Balaban J connectivity index is 1.91. The molecule has 16 heavy (non-hydrogen) atoms. The van der Waals surface area contributed by atoms with Crippen LogP contribution in [-0.2, 0) is 9.59 Å². The van der Waals surface area contributed by atoms with E-state index in [9.17, 15) is 9.59 Å². The van der Waals surface area contributed by atoms with Gasteiger partial charge in [-0.3, -0.25) is 9.59 Å². The fraction of sp³-hybridized carbons (Fsp3) is 0.818. The van der Waals surface area contributed by atoms with Crippen LogP contribution < -0.4 is 5.32 Å². The second kappa shape index (κ2) is 4.82. The molecule has 1 atom stereocenters. The summed E-state index contributed by atoms with van der Waals surface area (Å²) in [6, 6.07) is -0.0649. The molecule has 0 radical (unpaired) electrons. The number of amides is 2. The average Bonchev–Trinajstić information content (AvgIpc) is 2.33. The van der Waals surface area contributed by atoms with Gasteiger partial charge in [-0.15, -0.1) is 0 Å². The van der Waals surface area contributed by atoms with Gasteiger partial charge < -0.3 is 15.1 Å². The average molecular weight is 225 g/mol. The summed E-state index contributed by atoms with van der Waals surface area (Å²) in [4.78, 5) is 27.0. The highest BCUT2D eigenvalue weighted by Gasteiger charge is 2.30. The van der Waals surface area contributed by atoms with E-state index >= 15 is 0 Å². The van der Waals surface area contributed by atoms with Crippen molar-refractivity contribution in [1.29, 1.82) is 0 Å². The van der Waals surface area contributed by atoms with Crippen LogP contribution in [0.2, 0.25) is 0 Å². The van der Waals surface area contributed by atoms with Gasteiger partial charge in [-0.2, -0.15) is 0 Å². The molecule has 5 heteroatoms. The Morgan fingerprint density at radius 1 is 1.38 bits per heavy atom. The third-order valence-corrected chi connectivity index (χ3v) is 3.38.